The van der Waals surface area contributed by atoms with E-state index in [9.17, 15) is 22.8 Å². The first-order valence-electron chi connectivity index (χ1n) is 10.2. The molecule has 36 heavy (non-hydrogen) atoms. The Morgan fingerprint density at radius 2 is 1.69 bits per heavy atom. The second-order valence-electron chi connectivity index (χ2n) is 6.94. The number of carbonyl (C=O) groups is 2. The number of aromatic nitrogens is 2. The molecule has 0 saturated heterocycles. The molecular formula is C22H21F3N4O6S. The Morgan fingerprint density at radius 1 is 1.03 bits per heavy atom. The number of amides is 2. The molecule has 2 N–H and O–H groups in total. The van der Waals surface area contributed by atoms with Gasteiger partial charge in [0.1, 0.15) is 0 Å². The number of hydrogen-bond acceptors (Lipinski definition) is 9. The number of carbonyl (C=O) groups excluding carboxylic acids is 2. The lowest BCUT2D eigenvalue weighted by Gasteiger charge is -2.13. The molecule has 3 aromatic rings. The van der Waals surface area contributed by atoms with E-state index in [4.69, 9.17) is 18.6 Å². The van der Waals surface area contributed by atoms with Crippen LogP contribution in [-0.2, 0) is 17.5 Å². The highest BCUT2D eigenvalue weighted by Gasteiger charge is 2.33. The Hall–Kier alpha value is -3.94. The maximum atomic E-state index is 13.1. The topological polar surface area (TPSA) is 125 Å². The van der Waals surface area contributed by atoms with E-state index in [-0.39, 0.29) is 34.7 Å². The lowest BCUT2D eigenvalue weighted by atomic mass is 10.1. The van der Waals surface area contributed by atoms with E-state index in [2.05, 4.69) is 20.8 Å². The van der Waals surface area contributed by atoms with Crippen LogP contribution in [0, 0.1) is 0 Å². The summed E-state index contributed by atoms with van der Waals surface area (Å²) in [6, 6.07) is 7.59. The Balaban J connectivity index is 1.55. The number of nitrogens with one attached hydrogen (secondary N) is 2. The van der Waals surface area contributed by atoms with Crippen molar-refractivity contribution in [2.45, 2.75) is 17.9 Å². The number of benzene rings is 2. The summed E-state index contributed by atoms with van der Waals surface area (Å²) in [6.45, 7) is -0.117. The van der Waals surface area contributed by atoms with Crippen molar-refractivity contribution in [3.8, 4) is 17.2 Å². The number of para-hydroxylation sites is 1. The van der Waals surface area contributed by atoms with Crippen LogP contribution < -0.4 is 24.8 Å². The van der Waals surface area contributed by atoms with Gasteiger partial charge in [0.15, 0.2) is 11.5 Å². The third-order valence-corrected chi connectivity index (χ3v) is 5.43. The average molecular weight is 526 g/mol. The molecule has 1 aromatic heterocycles. The van der Waals surface area contributed by atoms with Gasteiger partial charge in [-0.05, 0) is 24.3 Å². The van der Waals surface area contributed by atoms with Gasteiger partial charge in [-0.25, -0.2) is 0 Å². The highest BCUT2D eigenvalue weighted by molar-refractivity contribution is 7.99. The summed E-state index contributed by atoms with van der Waals surface area (Å²) in [5.41, 5.74) is -1.07. The molecular weight excluding hydrogens is 505 g/mol. The Morgan fingerprint density at radius 3 is 2.31 bits per heavy atom. The van der Waals surface area contributed by atoms with Gasteiger partial charge in [-0.2, -0.15) is 13.2 Å². The molecule has 2 amide bonds. The molecule has 0 radical (unpaired) electrons. The molecule has 0 fully saturated rings. The first kappa shape index (κ1) is 26.7. The van der Waals surface area contributed by atoms with Crippen LogP contribution in [0.1, 0.15) is 21.8 Å². The molecule has 192 valence electrons. The number of thioether (sulfide) groups is 1. The summed E-state index contributed by atoms with van der Waals surface area (Å²) >= 11 is 0.833. The van der Waals surface area contributed by atoms with Crippen molar-refractivity contribution in [2.75, 3.05) is 32.4 Å². The van der Waals surface area contributed by atoms with Crippen LogP contribution in [0.4, 0.5) is 18.9 Å². The number of halogens is 3. The quantitative estimate of drug-likeness (QED) is 0.380. The highest BCUT2D eigenvalue weighted by Crippen LogP contribution is 2.38. The molecule has 0 aliphatic rings. The lowest BCUT2D eigenvalue weighted by Crippen LogP contribution is -2.23. The molecule has 0 atom stereocenters. The van der Waals surface area contributed by atoms with Gasteiger partial charge >= 0.3 is 6.18 Å². The van der Waals surface area contributed by atoms with E-state index in [0.29, 0.717) is 17.2 Å². The molecule has 3 rings (SSSR count). The zero-order valence-electron chi connectivity index (χ0n) is 19.3. The molecule has 0 bridgehead atoms. The summed E-state index contributed by atoms with van der Waals surface area (Å²) in [7, 11) is 4.29. The van der Waals surface area contributed by atoms with Gasteiger partial charge in [-0.1, -0.05) is 23.9 Å². The summed E-state index contributed by atoms with van der Waals surface area (Å²) < 4.78 is 60.2. The predicted molar refractivity (Wildman–Crippen MR) is 122 cm³/mol. The van der Waals surface area contributed by atoms with E-state index in [1.807, 2.05) is 0 Å². The van der Waals surface area contributed by atoms with Crippen molar-refractivity contribution in [3.05, 3.63) is 53.4 Å². The Bertz CT molecular complexity index is 1210. The van der Waals surface area contributed by atoms with E-state index < -0.39 is 23.6 Å². The van der Waals surface area contributed by atoms with Gasteiger partial charge in [-0.3, -0.25) is 9.59 Å². The number of anilines is 1. The summed E-state index contributed by atoms with van der Waals surface area (Å²) in [5, 5.41) is 12.4. The van der Waals surface area contributed by atoms with Crippen molar-refractivity contribution in [3.63, 3.8) is 0 Å². The monoisotopic (exact) mass is 526 g/mol. The van der Waals surface area contributed by atoms with Crippen molar-refractivity contribution in [1.29, 1.82) is 0 Å². The number of hydrogen-bond donors (Lipinski definition) is 2. The molecule has 1 heterocycles. The highest BCUT2D eigenvalue weighted by atomic mass is 32.2. The van der Waals surface area contributed by atoms with Gasteiger partial charge in [0.25, 0.3) is 11.1 Å². The standard InChI is InChI=1S/C22H21F3N4O6S/c1-32-15-8-12(9-16(33-2)19(15)34-3)20(31)26-10-18-28-29-21(35-18)36-11-17(30)27-14-7-5-4-6-13(14)22(23,24)25/h4-9H,10-11H2,1-3H3,(H,26,31)(H,27,30). The maximum Gasteiger partial charge on any atom is 0.418 e. The molecule has 0 saturated carbocycles. The predicted octanol–water partition coefficient (Wildman–Crippen LogP) is 3.78. The average Bonchev–Trinajstić information content (AvgIpc) is 3.32. The molecule has 10 nitrogen and oxygen atoms in total. The summed E-state index contributed by atoms with van der Waals surface area (Å²) in [5.74, 6) is -0.450. The van der Waals surface area contributed by atoms with Gasteiger partial charge < -0.3 is 29.3 Å². The van der Waals surface area contributed by atoms with Crippen LogP contribution in [0.5, 0.6) is 17.2 Å². The van der Waals surface area contributed by atoms with E-state index in [1.54, 1.807) is 0 Å². The maximum absolute atomic E-state index is 13.1. The van der Waals surface area contributed by atoms with Crippen molar-refractivity contribution in [2.24, 2.45) is 0 Å². The minimum absolute atomic E-state index is 0.00583. The normalized spacial score (nSPS) is 11.1. The van der Waals surface area contributed by atoms with Gasteiger partial charge in [0, 0.05) is 5.56 Å². The summed E-state index contributed by atoms with van der Waals surface area (Å²) in [6.07, 6.45) is -4.61. The fourth-order valence-electron chi connectivity index (χ4n) is 2.99. The molecule has 0 aliphatic heterocycles. The number of ether oxygens (including phenoxy) is 3. The first-order chi connectivity index (χ1) is 17.2. The minimum atomic E-state index is -4.61. The van der Waals surface area contributed by atoms with E-state index >= 15 is 0 Å². The van der Waals surface area contributed by atoms with Gasteiger partial charge in [-0.15, -0.1) is 10.2 Å². The van der Waals surface area contributed by atoms with E-state index in [1.165, 1.54) is 45.6 Å². The third-order valence-electron chi connectivity index (χ3n) is 4.61. The number of alkyl halides is 3. The summed E-state index contributed by atoms with van der Waals surface area (Å²) in [4.78, 5) is 24.7. The molecule has 14 heteroatoms. The molecule has 0 unspecified atom stereocenters. The van der Waals surface area contributed by atoms with E-state index in [0.717, 1.165) is 23.9 Å². The zero-order chi connectivity index (χ0) is 26.3. The number of rotatable bonds is 10. The van der Waals surface area contributed by atoms with Crippen molar-refractivity contribution in [1.82, 2.24) is 15.5 Å². The van der Waals surface area contributed by atoms with Crippen LogP contribution in [0.3, 0.4) is 0 Å². The first-order valence-corrected chi connectivity index (χ1v) is 11.1. The third kappa shape index (κ3) is 6.59. The molecule has 0 aliphatic carbocycles. The number of nitrogens with zero attached hydrogens (tertiary/aromatic N) is 2. The van der Waals surface area contributed by atoms with Crippen molar-refractivity contribution < 1.29 is 41.4 Å². The van der Waals surface area contributed by atoms with Crippen molar-refractivity contribution >= 4 is 29.3 Å². The van der Waals surface area contributed by atoms with Crippen LogP contribution in [0.15, 0.2) is 46.0 Å². The second-order valence-corrected chi connectivity index (χ2v) is 7.87. The molecule has 0 spiro atoms. The Kier molecular flexibility index (Phi) is 8.64. The minimum Gasteiger partial charge on any atom is -0.493 e. The Labute approximate surface area is 207 Å². The fourth-order valence-corrected chi connectivity index (χ4v) is 3.57. The largest absolute Gasteiger partial charge is 0.493 e. The fraction of sp³-hybridized carbons (Fsp3) is 0.273. The second kappa shape index (κ2) is 11.7. The van der Waals surface area contributed by atoms with Crippen LogP contribution in [0.25, 0.3) is 0 Å². The number of methoxy groups -OCH3 is 3. The SMILES string of the molecule is COc1cc(C(=O)NCc2nnc(SCC(=O)Nc3ccccc3C(F)(F)F)o2)cc(OC)c1OC. The van der Waals surface area contributed by atoms with Gasteiger partial charge in [0.2, 0.25) is 17.5 Å². The lowest BCUT2D eigenvalue weighted by molar-refractivity contribution is -0.137. The van der Waals surface area contributed by atoms with Crippen LogP contribution >= 0.6 is 11.8 Å². The van der Waals surface area contributed by atoms with Crippen LogP contribution in [0.2, 0.25) is 0 Å². The van der Waals surface area contributed by atoms with Crippen LogP contribution in [-0.4, -0.2) is 49.1 Å². The zero-order valence-corrected chi connectivity index (χ0v) is 20.1. The molecule has 2 aromatic carbocycles. The smallest absolute Gasteiger partial charge is 0.418 e. The van der Waals surface area contributed by atoms with Gasteiger partial charge in [0.05, 0.1) is 44.9 Å².